The fourth-order valence-corrected chi connectivity index (χ4v) is 0.979. The molecule has 0 aromatic rings. The van der Waals surface area contributed by atoms with E-state index in [2.05, 4.69) is 5.32 Å². The van der Waals surface area contributed by atoms with Gasteiger partial charge in [0.15, 0.2) is 0 Å². The van der Waals surface area contributed by atoms with Gasteiger partial charge in [-0.3, -0.25) is 9.59 Å². The lowest BCUT2D eigenvalue weighted by molar-refractivity contribution is -0.142. The van der Waals surface area contributed by atoms with E-state index in [0.29, 0.717) is 0 Å². The van der Waals surface area contributed by atoms with Crippen molar-refractivity contribution in [3.63, 3.8) is 0 Å². The number of carboxylic acid groups (broad SMARTS) is 1. The number of allylic oxidation sites excluding steroid dienone is 1. The monoisotopic (exact) mass is 215 g/mol. The van der Waals surface area contributed by atoms with E-state index in [1.807, 2.05) is 0 Å². The zero-order valence-corrected chi connectivity index (χ0v) is 9.20. The Bertz CT molecular complexity index is 277. The molecule has 5 nitrogen and oxygen atoms in total. The number of rotatable bonds is 5. The normalized spacial score (nSPS) is 13.9. The molecule has 0 bridgehead atoms. The minimum absolute atomic E-state index is 0.0814. The van der Waals surface area contributed by atoms with Crippen LogP contribution in [0.4, 0.5) is 0 Å². The van der Waals surface area contributed by atoms with Crippen molar-refractivity contribution in [2.24, 2.45) is 0 Å². The maximum atomic E-state index is 11.1. The van der Waals surface area contributed by atoms with E-state index in [-0.39, 0.29) is 12.5 Å². The van der Waals surface area contributed by atoms with Crippen LogP contribution in [-0.2, 0) is 9.59 Å². The van der Waals surface area contributed by atoms with E-state index in [1.165, 1.54) is 13.0 Å². The summed E-state index contributed by atoms with van der Waals surface area (Å²) in [7, 11) is 0. The van der Waals surface area contributed by atoms with Gasteiger partial charge in [0.1, 0.15) is 0 Å². The number of hydrogen-bond donors (Lipinski definition) is 3. The van der Waals surface area contributed by atoms with Gasteiger partial charge in [0.2, 0.25) is 5.91 Å². The quantitative estimate of drug-likeness (QED) is 0.575. The number of carbonyl (C=O) groups is 2. The van der Waals surface area contributed by atoms with Crippen LogP contribution in [0.3, 0.4) is 0 Å². The van der Waals surface area contributed by atoms with Crippen LogP contribution in [0.25, 0.3) is 0 Å². The molecule has 0 saturated carbocycles. The summed E-state index contributed by atoms with van der Waals surface area (Å²) in [5, 5.41) is 20.5. The van der Waals surface area contributed by atoms with Crippen molar-refractivity contribution < 1.29 is 19.8 Å². The third-order valence-electron chi connectivity index (χ3n) is 1.60. The Morgan fingerprint density at radius 1 is 1.40 bits per heavy atom. The summed E-state index contributed by atoms with van der Waals surface area (Å²) in [5.74, 6) is -1.43. The smallest absolute Gasteiger partial charge is 0.306 e. The molecule has 5 heteroatoms. The highest BCUT2D eigenvalue weighted by molar-refractivity contribution is 5.88. The van der Waals surface area contributed by atoms with Crippen LogP contribution in [0, 0.1) is 0 Å². The van der Waals surface area contributed by atoms with Crippen LogP contribution in [0.5, 0.6) is 0 Å². The lowest BCUT2D eigenvalue weighted by Crippen LogP contribution is -2.41. The van der Waals surface area contributed by atoms with E-state index in [4.69, 9.17) is 5.11 Å². The van der Waals surface area contributed by atoms with E-state index >= 15 is 0 Å². The van der Waals surface area contributed by atoms with Gasteiger partial charge in [-0.1, -0.05) is 5.57 Å². The summed E-state index contributed by atoms with van der Waals surface area (Å²) in [6.45, 7) is 4.83. The molecule has 0 saturated heterocycles. The average molecular weight is 215 g/mol. The second-order valence-electron chi connectivity index (χ2n) is 4.01. The van der Waals surface area contributed by atoms with Crippen LogP contribution in [0.15, 0.2) is 11.6 Å². The molecule has 1 unspecified atom stereocenters. The third kappa shape index (κ3) is 7.69. The average Bonchev–Trinajstić information content (AvgIpc) is 1.97. The Balaban J connectivity index is 4.09. The van der Waals surface area contributed by atoms with Crippen molar-refractivity contribution in [3.8, 4) is 0 Å². The molecule has 15 heavy (non-hydrogen) atoms. The zero-order chi connectivity index (χ0) is 12.1. The van der Waals surface area contributed by atoms with Crippen molar-refractivity contribution in [1.82, 2.24) is 5.32 Å². The molecule has 1 atom stereocenters. The van der Waals surface area contributed by atoms with Gasteiger partial charge < -0.3 is 15.5 Å². The molecule has 0 aromatic heterocycles. The second-order valence-corrected chi connectivity index (χ2v) is 4.01. The predicted molar refractivity (Wildman–Crippen MR) is 55.3 cm³/mol. The first kappa shape index (κ1) is 13.6. The highest BCUT2D eigenvalue weighted by Crippen LogP contribution is 2.07. The van der Waals surface area contributed by atoms with Gasteiger partial charge in [-0.25, -0.2) is 0 Å². The molecule has 0 aliphatic heterocycles. The third-order valence-corrected chi connectivity index (χ3v) is 1.60. The van der Waals surface area contributed by atoms with Crippen LogP contribution < -0.4 is 5.32 Å². The van der Waals surface area contributed by atoms with Gasteiger partial charge in [0.25, 0.3) is 0 Å². The van der Waals surface area contributed by atoms with E-state index in [1.54, 1.807) is 13.8 Å². The molecule has 1 amide bonds. The van der Waals surface area contributed by atoms with Gasteiger partial charge in [0, 0.05) is 12.6 Å². The number of hydrogen-bond acceptors (Lipinski definition) is 3. The summed E-state index contributed by atoms with van der Waals surface area (Å²) in [4.78, 5) is 21.5. The summed E-state index contributed by atoms with van der Waals surface area (Å²) >= 11 is 0. The molecule has 0 fully saturated rings. The molecule has 0 heterocycles. The minimum atomic E-state index is -1.42. The van der Waals surface area contributed by atoms with Crippen molar-refractivity contribution in [2.75, 3.05) is 6.54 Å². The number of aliphatic carboxylic acids is 1. The lowest BCUT2D eigenvalue weighted by atomic mass is 10.0. The van der Waals surface area contributed by atoms with E-state index in [9.17, 15) is 14.7 Å². The molecule has 0 aromatic carbocycles. The summed E-state index contributed by atoms with van der Waals surface area (Å²) in [6.07, 6.45) is 0.985. The summed E-state index contributed by atoms with van der Waals surface area (Å²) in [5.41, 5.74) is -0.581. The fraction of sp³-hybridized carbons (Fsp3) is 0.600. The number of nitrogens with one attached hydrogen (secondary N) is 1. The van der Waals surface area contributed by atoms with Gasteiger partial charge in [-0.05, 0) is 20.8 Å². The maximum Gasteiger partial charge on any atom is 0.306 e. The topological polar surface area (TPSA) is 86.6 Å². The van der Waals surface area contributed by atoms with Crippen molar-refractivity contribution in [1.29, 1.82) is 0 Å². The van der Waals surface area contributed by atoms with Crippen LogP contribution in [0.2, 0.25) is 0 Å². The zero-order valence-electron chi connectivity index (χ0n) is 9.20. The molecule has 86 valence electrons. The van der Waals surface area contributed by atoms with Gasteiger partial charge in [0.05, 0.1) is 12.0 Å². The van der Waals surface area contributed by atoms with Crippen LogP contribution in [-0.4, -0.2) is 34.2 Å². The highest BCUT2D eigenvalue weighted by atomic mass is 16.4. The Kier molecular flexibility index (Phi) is 5.00. The predicted octanol–water partition coefficient (Wildman–Crippen LogP) is 0.294. The Morgan fingerprint density at radius 3 is 2.33 bits per heavy atom. The first-order valence-corrected chi connectivity index (χ1v) is 4.60. The molecule has 3 N–H and O–H groups in total. The second kappa shape index (κ2) is 5.50. The van der Waals surface area contributed by atoms with Gasteiger partial charge in [-0.15, -0.1) is 0 Å². The molecule has 0 rings (SSSR count). The number of aliphatic hydroxyl groups is 1. The standard InChI is InChI=1S/C10H17NO4/c1-7(2)4-8(12)11-6-10(3,15)5-9(13)14/h4,15H,5-6H2,1-3H3,(H,11,12)(H,13,14). The summed E-state index contributed by atoms with van der Waals surface area (Å²) in [6, 6.07) is 0. The minimum Gasteiger partial charge on any atom is -0.481 e. The number of carbonyl (C=O) groups excluding carboxylic acids is 1. The molecule has 0 aliphatic rings. The Labute approximate surface area is 88.8 Å². The van der Waals surface area contributed by atoms with Crippen LogP contribution in [0.1, 0.15) is 27.2 Å². The number of amides is 1. The van der Waals surface area contributed by atoms with Crippen molar-refractivity contribution >= 4 is 11.9 Å². The Morgan fingerprint density at radius 2 is 1.93 bits per heavy atom. The van der Waals surface area contributed by atoms with Gasteiger partial charge in [-0.2, -0.15) is 0 Å². The maximum absolute atomic E-state index is 11.1. The Hall–Kier alpha value is -1.36. The summed E-state index contributed by atoms with van der Waals surface area (Å²) < 4.78 is 0. The highest BCUT2D eigenvalue weighted by Gasteiger charge is 2.24. The molecule has 0 spiro atoms. The molecule has 0 radical (unpaired) electrons. The molecular formula is C10H17NO4. The van der Waals surface area contributed by atoms with E-state index < -0.39 is 18.0 Å². The van der Waals surface area contributed by atoms with E-state index in [0.717, 1.165) is 5.57 Å². The largest absolute Gasteiger partial charge is 0.481 e. The van der Waals surface area contributed by atoms with Gasteiger partial charge >= 0.3 is 5.97 Å². The number of carboxylic acids is 1. The fourth-order valence-electron chi connectivity index (χ4n) is 0.979. The van der Waals surface area contributed by atoms with Crippen molar-refractivity contribution in [2.45, 2.75) is 32.8 Å². The first-order chi connectivity index (χ1) is 6.73. The molecule has 0 aliphatic carbocycles. The first-order valence-electron chi connectivity index (χ1n) is 4.60. The molecular weight excluding hydrogens is 198 g/mol. The van der Waals surface area contributed by atoms with Crippen molar-refractivity contribution in [3.05, 3.63) is 11.6 Å². The lowest BCUT2D eigenvalue weighted by Gasteiger charge is -2.20. The van der Waals surface area contributed by atoms with Crippen LogP contribution >= 0.6 is 0 Å². The SMILES string of the molecule is CC(C)=CC(=O)NCC(C)(O)CC(=O)O.